The number of rotatable bonds is 7. The molecule has 1 heterocycles. The van der Waals surface area contributed by atoms with Crippen molar-refractivity contribution in [3.05, 3.63) is 5.82 Å². The summed E-state index contributed by atoms with van der Waals surface area (Å²) in [6.45, 7) is 1.30. The molecule has 1 N–H and O–H groups in total. The van der Waals surface area contributed by atoms with Crippen LogP contribution in [0.3, 0.4) is 0 Å². The fraction of sp³-hybridized carbons (Fsp3) is 0.778. The molecule has 0 spiro atoms. The molecular weight excluding hydrogens is 255 g/mol. The second-order valence-electron chi connectivity index (χ2n) is 3.40. The first kappa shape index (κ1) is 14.2. The van der Waals surface area contributed by atoms with Gasteiger partial charge in [0.1, 0.15) is 0 Å². The lowest BCUT2D eigenvalue weighted by atomic mass is 10.2. The van der Waals surface area contributed by atoms with Gasteiger partial charge in [-0.1, -0.05) is 0 Å². The van der Waals surface area contributed by atoms with Gasteiger partial charge in [0, 0.05) is 31.8 Å². The van der Waals surface area contributed by atoms with Gasteiger partial charge in [-0.3, -0.25) is 0 Å². The Morgan fingerprint density at radius 2 is 2.06 bits per heavy atom. The van der Waals surface area contributed by atoms with Crippen LogP contribution in [0.1, 0.15) is 25.1 Å². The summed E-state index contributed by atoms with van der Waals surface area (Å²) in [5.74, 6) is -1.08. The summed E-state index contributed by atoms with van der Waals surface area (Å²) in [5.41, 5.74) is 0. The highest BCUT2D eigenvalue weighted by atomic mass is 32.1. The minimum Gasteiger partial charge on any atom is -0.385 e. The van der Waals surface area contributed by atoms with E-state index in [-0.39, 0.29) is 5.13 Å². The highest BCUT2D eigenvalue weighted by molar-refractivity contribution is 7.09. The number of anilines is 1. The molecule has 1 aromatic rings. The highest BCUT2D eigenvalue weighted by Crippen LogP contribution is 2.28. The van der Waals surface area contributed by atoms with E-state index in [0.717, 1.165) is 30.8 Å². The molecule has 0 atom stereocenters. The first-order chi connectivity index (χ1) is 8.04. The minimum atomic E-state index is -4.46. The third-order valence-electron chi connectivity index (χ3n) is 1.98. The van der Waals surface area contributed by atoms with Crippen molar-refractivity contribution in [1.82, 2.24) is 9.36 Å². The summed E-state index contributed by atoms with van der Waals surface area (Å²) in [7, 11) is 1.64. The number of aromatic nitrogens is 2. The molecule has 8 heteroatoms. The maximum Gasteiger partial charge on any atom is 0.452 e. The van der Waals surface area contributed by atoms with Gasteiger partial charge in [0.2, 0.25) is 11.0 Å². The molecule has 4 nitrogen and oxygen atoms in total. The van der Waals surface area contributed by atoms with Gasteiger partial charge in [-0.25, -0.2) is 0 Å². The van der Waals surface area contributed by atoms with Crippen molar-refractivity contribution in [2.24, 2.45) is 0 Å². The topological polar surface area (TPSA) is 47.0 Å². The van der Waals surface area contributed by atoms with Crippen molar-refractivity contribution >= 4 is 16.7 Å². The molecule has 1 rings (SSSR count). The average molecular weight is 269 g/mol. The first-order valence-corrected chi connectivity index (χ1v) is 5.95. The predicted octanol–water partition coefficient (Wildman–Crippen LogP) is 2.79. The van der Waals surface area contributed by atoms with Gasteiger partial charge in [-0.2, -0.15) is 22.5 Å². The molecule has 0 unspecified atom stereocenters. The van der Waals surface area contributed by atoms with Crippen LogP contribution in [-0.2, 0) is 10.9 Å². The van der Waals surface area contributed by atoms with Crippen LogP contribution < -0.4 is 5.32 Å². The van der Waals surface area contributed by atoms with E-state index in [0.29, 0.717) is 13.2 Å². The van der Waals surface area contributed by atoms with Gasteiger partial charge in [-0.05, 0) is 19.3 Å². The molecule has 0 saturated carbocycles. The number of ether oxygens (including phenoxy) is 1. The van der Waals surface area contributed by atoms with Crippen molar-refractivity contribution in [3.8, 4) is 0 Å². The standard InChI is InChI=1S/C9H14F3N3OS/c1-16-6-4-2-3-5-13-8-14-7(15-17-8)9(10,11)12/h2-6H2,1H3,(H,13,14,15). The molecule has 0 aliphatic carbocycles. The van der Waals surface area contributed by atoms with Gasteiger partial charge < -0.3 is 10.1 Å². The molecule has 0 aliphatic heterocycles. The molecule has 17 heavy (non-hydrogen) atoms. The Kier molecular flexibility index (Phi) is 5.63. The van der Waals surface area contributed by atoms with E-state index in [2.05, 4.69) is 14.7 Å². The number of nitrogens with zero attached hydrogens (tertiary/aromatic N) is 2. The molecule has 0 saturated heterocycles. The Labute approximate surface area is 101 Å². The maximum atomic E-state index is 12.2. The van der Waals surface area contributed by atoms with E-state index in [9.17, 15) is 13.2 Å². The van der Waals surface area contributed by atoms with Gasteiger partial charge >= 0.3 is 6.18 Å². The summed E-state index contributed by atoms with van der Waals surface area (Å²) >= 11 is 0.728. The van der Waals surface area contributed by atoms with Crippen LogP contribution in [0.5, 0.6) is 0 Å². The third-order valence-corrected chi connectivity index (χ3v) is 2.65. The zero-order valence-electron chi connectivity index (χ0n) is 9.38. The molecule has 0 aliphatic rings. The normalized spacial score (nSPS) is 11.8. The minimum absolute atomic E-state index is 0.212. The Morgan fingerprint density at radius 3 is 2.65 bits per heavy atom. The lowest BCUT2D eigenvalue weighted by Gasteiger charge is -2.02. The molecule has 0 radical (unpaired) electrons. The van der Waals surface area contributed by atoms with E-state index in [1.54, 1.807) is 7.11 Å². The number of halogens is 3. The van der Waals surface area contributed by atoms with E-state index < -0.39 is 12.0 Å². The van der Waals surface area contributed by atoms with Crippen LogP contribution in [0.4, 0.5) is 18.3 Å². The summed E-state index contributed by atoms with van der Waals surface area (Å²) in [6, 6.07) is 0. The van der Waals surface area contributed by atoms with E-state index in [1.807, 2.05) is 0 Å². The fourth-order valence-corrected chi connectivity index (χ4v) is 1.77. The third kappa shape index (κ3) is 5.31. The average Bonchev–Trinajstić information content (AvgIpc) is 2.71. The molecule has 0 aromatic carbocycles. The second-order valence-corrected chi connectivity index (χ2v) is 4.15. The molecule has 0 bridgehead atoms. The highest BCUT2D eigenvalue weighted by Gasteiger charge is 2.35. The smallest absolute Gasteiger partial charge is 0.385 e. The summed E-state index contributed by atoms with van der Waals surface area (Å²) in [6.07, 6.45) is -1.69. The van der Waals surface area contributed by atoms with Crippen molar-refractivity contribution in [1.29, 1.82) is 0 Å². The molecule has 0 amide bonds. The Morgan fingerprint density at radius 1 is 1.29 bits per heavy atom. The summed E-state index contributed by atoms with van der Waals surface area (Å²) in [5, 5.41) is 3.03. The van der Waals surface area contributed by atoms with Crippen LogP contribution in [-0.4, -0.2) is 29.6 Å². The fourth-order valence-electron chi connectivity index (χ4n) is 1.15. The van der Waals surface area contributed by atoms with Crippen molar-refractivity contribution in [2.45, 2.75) is 25.4 Å². The predicted molar refractivity (Wildman–Crippen MR) is 59.1 cm³/mol. The summed E-state index contributed by atoms with van der Waals surface area (Å²) < 4.78 is 44.6. The second kappa shape index (κ2) is 6.75. The van der Waals surface area contributed by atoms with E-state index in [4.69, 9.17) is 4.74 Å². The number of alkyl halides is 3. The quantitative estimate of drug-likeness (QED) is 0.773. The van der Waals surface area contributed by atoms with Gasteiger partial charge in [0.25, 0.3) is 0 Å². The van der Waals surface area contributed by atoms with Crippen molar-refractivity contribution in [2.75, 3.05) is 25.6 Å². The lowest BCUT2D eigenvalue weighted by Crippen LogP contribution is -2.08. The van der Waals surface area contributed by atoms with Crippen LogP contribution in [0, 0.1) is 0 Å². The maximum absolute atomic E-state index is 12.2. The number of unbranched alkanes of at least 4 members (excludes halogenated alkanes) is 2. The van der Waals surface area contributed by atoms with E-state index >= 15 is 0 Å². The first-order valence-electron chi connectivity index (χ1n) is 5.17. The number of hydrogen-bond donors (Lipinski definition) is 1. The van der Waals surface area contributed by atoms with Gasteiger partial charge in [-0.15, -0.1) is 0 Å². The van der Waals surface area contributed by atoms with Crippen LogP contribution in [0.25, 0.3) is 0 Å². The van der Waals surface area contributed by atoms with Crippen molar-refractivity contribution < 1.29 is 17.9 Å². The number of methoxy groups -OCH3 is 1. The zero-order chi connectivity index (χ0) is 12.7. The SMILES string of the molecule is COCCCCCNc1nc(C(F)(F)F)ns1. The van der Waals surface area contributed by atoms with Gasteiger partial charge in [0.05, 0.1) is 0 Å². The molecule has 98 valence electrons. The van der Waals surface area contributed by atoms with Crippen LogP contribution >= 0.6 is 11.5 Å². The Hall–Kier alpha value is -0.890. The zero-order valence-corrected chi connectivity index (χ0v) is 10.2. The number of hydrogen-bond acceptors (Lipinski definition) is 5. The largest absolute Gasteiger partial charge is 0.452 e. The Balaban J connectivity index is 2.21. The van der Waals surface area contributed by atoms with E-state index in [1.165, 1.54) is 0 Å². The monoisotopic (exact) mass is 269 g/mol. The number of nitrogens with one attached hydrogen (secondary N) is 1. The van der Waals surface area contributed by atoms with Crippen LogP contribution in [0.15, 0.2) is 0 Å². The molecule has 0 fully saturated rings. The van der Waals surface area contributed by atoms with Gasteiger partial charge in [0.15, 0.2) is 0 Å². The van der Waals surface area contributed by atoms with Crippen molar-refractivity contribution in [3.63, 3.8) is 0 Å². The molecule has 1 aromatic heterocycles. The van der Waals surface area contributed by atoms with Crippen LogP contribution in [0.2, 0.25) is 0 Å². The molecular formula is C9H14F3N3OS. The lowest BCUT2D eigenvalue weighted by molar-refractivity contribution is -0.144. The Bertz CT molecular complexity index is 330. The summed E-state index contributed by atoms with van der Waals surface area (Å²) in [4.78, 5) is 3.36.